The van der Waals surface area contributed by atoms with Gasteiger partial charge in [0.15, 0.2) is 0 Å². The minimum absolute atomic E-state index is 0.183. The van der Waals surface area contributed by atoms with Gasteiger partial charge < -0.3 is 9.47 Å². The van der Waals surface area contributed by atoms with Gasteiger partial charge in [0.1, 0.15) is 11.5 Å². The van der Waals surface area contributed by atoms with Crippen LogP contribution in [0.1, 0.15) is 27.7 Å². The van der Waals surface area contributed by atoms with E-state index in [1.165, 1.54) is 0 Å². The van der Waals surface area contributed by atoms with Crippen LogP contribution in [0.3, 0.4) is 0 Å². The van der Waals surface area contributed by atoms with Crippen LogP contribution in [0, 0.1) is 6.07 Å². The van der Waals surface area contributed by atoms with E-state index in [0.717, 1.165) is 11.5 Å². The van der Waals surface area contributed by atoms with Crippen LogP contribution in [0.4, 0.5) is 0 Å². The van der Waals surface area contributed by atoms with Gasteiger partial charge >= 0.3 is 0 Å². The van der Waals surface area contributed by atoms with Crippen molar-refractivity contribution in [1.82, 2.24) is 0 Å². The van der Waals surface area contributed by atoms with E-state index in [-0.39, 0.29) is 12.2 Å². The van der Waals surface area contributed by atoms with Crippen LogP contribution in [-0.2, 0) is 0 Å². The summed E-state index contributed by atoms with van der Waals surface area (Å²) in [5.74, 6) is 1.59. The van der Waals surface area contributed by atoms with Crippen LogP contribution < -0.4 is 9.47 Å². The molecule has 1 radical (unpaired) electrons. The summed E-state index contributed by atoms with van der Waals surface area (Å²) in [4.78, 5) is 0. The second-order valence-corrected chi connectivity index (χ2v) is 3.72. The maximum absolute atomic E-state index is 5.49. The SMILES string of the molecule is CC(C)Oc1[c]cc(OC(C)C)cc1. The molecule has 0 spiro atoms. The summed E-state index contributed by atoms with van der Waals surface area (Å²) >= 11 is 0. The van der Waals surface area contributed by atoms with Crippen LogP contribution in [0.5, 0.6) is 11.5 Å². The van der Waals surface area contributed by atoms with E-state index < -0.39 is 0 Å². The molecule has 0 heterocycles. The van der Waals surface area contributed by atoms with Gasteiger partial charge in [-0.05, 0) is 45.9 Å². The monoisotopic (exact) mass is 193 g/mol. The first-order valence-electron chi connectivity index (χ1n) is 4.93. The standard InChI is InChI=1S/C12H17O2/c1-9(2)13-11-5-7-12(8-6-11)14-10(3)4/h5-7,9-10H,1-4H3. The van der Waals surface area contributed by atoms with Crippen LogP contribution in [-0.4, -0.2) is 12.2 Å². The van der Waals surface area contributed by atoms with Crippen molar-refractivity contribution in [2.75, 3.05) is 0 Å². The second-order valence-electron chi connectivity index (χ2n) is 3.72. The lowest BCUT2D eigenvalue weighted by Gasteiger charge is -2.11. The molecule has 0 fully saturated rings. The molecule has 2 nitrogen and oxygen atoms in total. The van der Waals surface area contributed by atoms with Crippen molar-refractivity contribution >= 4 is 0 Å². The van der Waals surface area contributed by atoms with Crippen LogP contribution >= 0.6 is 0 Å². The van der Waals surface area contributed by atoms with Gasteiger partial charge in [-0.1, -0.05) is 0 Å². The average Bonchev–Trinajstić information content (AvgIpc) is 2.06. The summed E-state index contributed by atoms with van der Waals surface area (Å²) in [6, 6.07) is 8.60. The number of ether oxygens (including phenoxy) is 2. The van der Waals surface area contributed by atoms with Crippen molar-refractivity contribution < 1.29 is 9.47 Å². The molecular formula is C12H17O2. The number of rotatable bonds is 4. The Labute approximate surface area is 85.8 Å². The van der Waals surface area contributed by atoms with Crippen molar-refractivity contribution in [3.63, 3.8) is 0 Å². The molecule has 1 aromatic rings. The summed E-state index contributed by atoms with van der Waals surface area (Å²) in [7, 11) is 0. The highest BCUT2D eigenvalue weighted by Crippen LogP contribution is 2.18. The zero-order chi connectivity index (χ0) is 10.6. The third-order valence-corrected chi connectivity index (χ3v) is 1.49. The van der Waals surface area contributed by atoms with E-state index in [9.17, 15) is 0 Å². The Morgan fingerprint density at radius 3 is 2.07 bits per heavy atom. The fourth-order valence-corrected chi connectivity index (χ4v) is 1.07. The summed E-state index contributed by atoms with van der Waals surface area (Å²) in [5, 5.41) is 0. The Bertz CT molecular complexity index is 233. The average molecular weight is 193 g/mol. The van der Waals surface area contributed by atoms with Crippen molar-refractivity contribution in [3.05, 3.63) is 24.3 Å². The van der Waals surface area contributed by atoms with Gasteiger partial charge in [0.25, 0.3) is 0 Å². The molecule has 0 aliphatic heterocycles. The summed E-state index contributed by atoms with van der Waals surface area (Å²) in [5.41, 5.74) is 0. The molecule has 2 heteroatoms. The summed E-state index contributed by atoms with van der Waals surface area (Å²) in [6.45, 7) is 7.98. The predicted molar refractivity (Wildman–Crippen MR) is 56.8 cm³/mol. The molecule has 0 saturated carbocycles. The second kappa shape index (κ2) is 4.89. The third-order valence-electron chi connectivity index (χ3n) is 1.49. The van der Waals surface area contributed by atoms with Gasteiger partial charge in [0, 0.05) is 6.07 Å². The van der Waals surface area contributed by atoms with Gasteiger partial charge in [-0.2, -0.15) is 0 Å². The first-order chi connectivity index (χ1) is 6.58. The first kappa shape index (κ1) is 10.9. The lowest BCUT2D eigenvalue weighted by atomic mass is 10.3. The molecule has 0 N–H and O–H groups in total. The Balaban J connectivity index is 2.59. The maximum Gasteiger partial charge on any atom is 0.127 e. The van der Waals surface area contributed by atoms with E-state index in [4.69, 9.17) is 9.47 Å². The Kier molecular flexibility index (Phi) is 3.81. The smallest absolute Gasteiger partial charge is 0.127 e. The molecule has 14 heavy (non-hydrogen) atoms. The van der Waals surface area contributed by atoms with E-state index in [2.05, 4.69) is 6.07 Å². The van der Waals surface area contributed by atoms with E-state index in [1.807, 2.05) is 39.8 Å². The molecule has 0 saturated heterocycles. The van der Waals surface area contributed by atoms with Crippen molar-refractivity contribution in [3.8, 4) is 11.5 Å². The molecule has 77 valence electrons. The zero-order valence-corrected chi connectivity index (χ0v) is 9.20. The van der Waals surface area contributed by atoms with E-state index in [1.54, 1.807) is 6.07 Å². The molecular weight excluding hydrogens is 176 g/mol. The van der Waals surface area contributed by atoms with Crippen LogP contribution in [0.25, 0.3) is 0 Å². The largest absolute Gasteiger partial charge is 0.491 e. The Hall–Kier alpha value is -1.18. The van der Waals surface area contributed by atoms with Gasteiger partial charge in [0.2, 0.25) is 0 Å². The quantitative estimate of drug-likeness (QED) is 0.731. The highest BCUT2D eigenvalue weighted by Gasteiger charge is 2.00. The minimum atomic E-state index is 0.183. The molecule has 1 rings (SSSR count). The topological polar surface area (TPSA) is 18.5 Å². The first-order valence-corrected chi connectivity index (χ1v) is 4.93. The summed E-state index contributed by atoms with van der Waals surface area (Å²) < 4.78 is 11.0. The highest BCUT2D eigenvalue weighted by atomic mass is 16.5. The third kappa shape index (κ3) is 3.69. The predicted octanol–water partition coefficient (Wildman–Crippen LogP) is 3.06. The van der Waals surface area contributed by atoms with Gasteiger partial charge in [-0.25, -0.2) is 0 Å². The molecule has 0 unspecified atom stereocenters. The van der Waals surface area contributed by atoms with E-state index >= 15 is 0 Å². The van der Waals surface area contributed by atoms with Crippen LogP contribution in [0.15, 0.2) is 18.2 Å². The molecule has 0 amide bonds. The minimum Gasteiger partial charge on any atom is -0.491 e. The normalized spacial score (nSPS) is 10.7. The van der Waals surface area contributed by atoms with Crippen molar-refractivity contribution in [2.45, 2.75) is 39.9 Å². The van der Waals surface area contributed by atoms with Gasteiger partial charge in [-0.15, -0.1) is 0 Å². The molecule has 0 atom stereocenters. The number of hydrogen-bond donors (Lipinski definition) is 0. The lowest BCUT2D eigenvalue weighted by Crippen LogP contribution is -2.07. The van der Waals surface area contributed by atoms with E-state index in [0.29, 0.717) is 0 Å². The highest BCUT2D eigenvalue weighted by molar-refractivity contribution is 5.30. The Morgan fingerprint density at radius 2 is 1.64 bits per heavy atom. The summed E-state index contributed by atoms with van der Waals surface area (Å²) in [6.07, 6.45) is 0.378. The van der Waals surface area contributed by atoms with Crippen molar-refractivity contribution in [1.29, 1.82) is 0 Å². The molecule has 0 aromatic heterocycles. The van der Waals surface area contributed by atoms with Crippen molar-refractivity contribution in [2.24, 2.45) is 0 Å². The lowest BCUT2D eigenvalue weighted by molar-refractivity contribution is 0.234. The fourth-order valence-electron chi connectivity index (χ4n) is 1.07. The Morgan fingerprint density at radius 1 is 1.00 bits per heavy atom. The van der Waals surface area contributed by atoms with Gasteiger partial charge in [-0.3, -0.25) is 0 Å². The maximum atomic E-state index is 5.49. The zero-order valence-electron chi connectivity index (χ0n) is 9.20. The molecule has 0 bridgehead atoms. The fraction of sp³-hybridized carbons (Fsp3) is 0.500. The molecule has 0 aliphatic carbocycles. The number of benzene rings is 1. The number of hydrogen-bond acceptors (Lipinski definition) is 2. The molecule has 1 aromatic carbocycles. The molecule has 0 aliphatic rings. The van der Waals surface area contributed by atoms with Gasteiger partial charge in [0.05, 0.1) is 12.2 Å². The van der Waals surface area contributed by atoms with Crippen LogP contribution in [0.2, 0.25) is 0 Å².